The smallest absolute Gasteiger partial charge is 0.250 e. The molecule has 0 aromatic carbocycles. The van der Waals surface area contributed by atoms with E-state index in [-0.39, 0.29) is 11.7 Å². The molecule has 0 amide bonds. The van der Waals surface area contributed by atoms with E-state index in [1.807, 2.05) is 0 Å². The van der Waals surface area contributed by atoms with Crippen LogP contribution in [0.5, 0.6) is 5.88 Å². The van der Waals surface area contributed by atoms with Crippen LogP contribution in [-0.2, 0) is 0 Å². The first-order chi connectivity index (χ1) is 9.20. The van der Waals surface area contributed by atoms with E-state index in [1.165, 1.54) is 25.7 Å². The number of anilines is 1. The molecule has 3 N–H and O–H groups in total. The Hall–Kier alpha value is -2.77. The summed E-state index contributed by atoms with van der Waals surface area (Å²) in [7, 11) is 1.35. The number of nitrogens with one attached hydrogen (secondary N) is 1. The number of methoxy groups -OCH3 is 1. The number of nitrogens with two attached hydrogens (primary N) is 1. The average Bonchev–Trinajstić information content (AvgIpc) is 2.84. The first-order valence-corrected chi connectivity index (χ1v) is 5.35. The Labute approximate surface area is 106 Å². The molecule has 0 aliphatic rings. The molecule has 3 aromatic heterocycles. The Morgan fingerprint density at radius 1 is 1.32 bits per heavy atom. The van der Waals surface area contributed by atoms with Crippen molar-refractivity contribution in [2.45, 2.75) is 0 Å². The van der Waals surface area contributed by atoms with Crippen molar-refractivity contribution in [3.05, 3.63) is 24.4 Å². The fourth-order valence-electron chi connectivity index (χ4n) is 1.80. The van der Waals surface area contributed by atoms with Gasteiger partial charge in [0.1, 0.15) is 12.1 Å². The van der Waals surface area contributed by atoms with Crippen molar-refractivity contribution in [1.82, 2.24) is 25.1 Å². The fourth-order valence-corrected chi connectivity index (χ4v) is 1.80. The van der Waals surface area contributed by atoms with Gasteiger partial charge in [0.15, 0.2) is 11.5 Å². The molecule has 0 unspecified atom stereocenters. The van der Waals surface area contributed by atoms with Crippen molar-refractivity contribution in [1.29, 1.82) is 0 Å². The van der Waals surface area contributed by atoms with Crippen molar-refractivity contribution in [2.75, 3.05) is 12.8 Å². The van der Waals surface area contributed by atoms with Crippen molar-refractivity contribution < 1.29 is 9.13 Å². The van der Waals surface area contributed by atoms with Crippen LogP contribution < -0.4 is 10.5 Å². The molecular formula is C11H9FN6O. The predicted octanol–water partition coefficient (Wildman–Crippen LogP) is 1.14. The molecule has 3 aromatic rings. The van der Waals surface area contributed by atoms with Gasteiger partial charge in [0.2, 0.25) is 5.88 Å². The van der Waals surface area contributed by atoms with Gasteiger partial charge in [0.05, 0.1) is 18.2 Å². The SMILES string of the molecule is COc1ncc(-c2[nH]nc3ncnc(N)c23)cc1F. The second-order valence-electron chi connectivity index (χ2n) is 3.77. The van der Waals surface area contributed by atoms with Gasteiger partial charge in [-0.25, -0.2) is 19.3 Å². The molecule has 19 heavy (non-hydrogen) atoms. The minimum absolute atomic E-state index is 0.0724. The van der Waals surface area contributed by atoms with E-state index in [4.69, 9.17) is 10.5 Å². The van der Waals surface area contributed by atoms with Gasteiger partial charge >= 0.3 is 0 Å². The molecule has 0 fully saturated rings. The number of hydrogen-bond acceptors (Lipinski definition) is 6. The van der Waals surface area contributed by atoms with E-state index in [0.717, 1.165) is 0 Å². The van der Waals surface area contributed by atoms with Crippen LogP contribution in [0.1, 0.15) is 0 Å². The molecule has 0 saturated carbocycles. The molecule has 0 spiro atoms. The summed E-state index contributed by atoms with van der Waals surface area (Å²) < 4.78 is 18.4. The van der Waals surface area contributed by atoms with Crippen molar-refractivity contribution in [2.24, 2.45) is 0 Å². The number of nitrogens with zero attached hydrogens (tertiary/aromatic N) is 4. The minimum atomic E-state index is -0.571. The monoisotopic (exact) mass is 260 g/mol. The lowest BCUT2D eigenvalue weighted by atomic mass is 10.1. The second kappa shape index (κ2) is 4.16. The Kier molecular flexibility index (Phi) is 2.48. The zero-order valence-corrected chi connectivity index (χ0v) is 9.88. The summed E-state index contributed by atoms with van der Waals surface area (Å²) >= 11 is 0. The van der Waals surface area contributed by atoms with Crippen molar-refractivity contribution in [3.63, 3.8) is 0 Å². The van der Waals surface area contributed by atoms with Gasteiger partial charge < -0.3 is 10.5 Å². The van der Waals surface area contributed by atoms with Crippen LogP contribution in [-0.4, -0.2) is 32.3 Å². The molecule has 3 heterocycles. The summed E-state index contributed by atoms with van der Waals surface area (Å²) in [4.78, 5) is 11.7. The van der Waals surface area contributed by atoms with Gasteiger partial charge in [-0.1, -0.05) is 0 Å². The van der Waals surface area contributed by atoms with Crippen LogP contribution in [0.15, 0.2) is 18.6 Å². The number of hydrogen-bond donors (Lipinski definition) is 2. The third-order valence-corrected chi connectivity index (χ3v) is 2.67. The average molecular weight is 260 g/mol. The largest absolute Gasteiger partial charge is 0.479 e. The summed E-state index contributed by atoms with van der Waals surface area (Å²) in [6.45, 7) is 0. The highest BCUT2D eigenvalue weighted by Crippen LogP contribution is 2.29. The molecule has 0 saturated heterocycles. The quantitative estimate of drug-likeness (QED) is 0.716. The van der Waals surface area contributed by atoms with Gasteiger partial charge in [-0.3, -0.25) is 5.10 Å². The third kappa shape index (κ3) is 1.73. The molecule has 0 atom stereocenters. The van der Waals surface area contributed by atoms with E-state index in [0.29, 0.717) is 22.3 Å². The lowest BCUT2D eigenvalue weighted by molar-refractivity contribution is 0.369. The standard InChI is InChI=1S/C11H9FN6O/c1-19-11-6(12)2-5(3-14-11)8-7-9(13)15-4-16-10(7)18-17-8/h2-4H,1H3,(H3,13,15,16,17,18). The lowest BCUT2D eigenvalue weighted by Crippen LogP contribution is -1.95. The number of nitrogen functional groups attached to an aromatic ring is 1. The van der Waals surface area contributed by atoms with Crippen LogP contribution in [0, 0.1) is 5.82 Å². The van der Waals surface area contributed by atoms with Crippen LogP contribution in [0.3, 0.4) is 0 Å². The molecule has 0 aliphatic heterocycles. The number of ether oxygens (including phenoxy) is 1. The van der Waals surface area contributed by atoms with Gasteiger partial charge in [-0.2, -0.15) is 5.10 Å². The van der Waals surface area contributed by atoms with Crippen molar-refractivity contribution >= 4 is 16.9 Å². The maximum atomic E-state index is 13.7. The van der Waals surface area contributed by atoms with Crippen molar-refractivity contribution in [3.8, 4) is 17.1 Å². The predicted molar refractivity (Wildman–Crippen MR) is 65.8 cm³/mol. The highest BCUT2D eigenvalue weighted by atomic mass is 19.1. The molecule has 8 heteroatoms. The van der Waals surface area contributed by atoms with Crippen LogP contribution >= 0.6 is 0 Å². The molecule has 0 bridgehead atoms. The van der Waals surface area contributed by atoms with Gasteiger partial charge in [-0.15, -0.1) is 0 Å². The summed E-state index contributed by atoms with van der Waals surface area (Å²) in [5.74, 6) is -0.375. The number of H-pyrrole nitrogens is 1. The second-order valence-corrected chi connectivity index (χ2v) is 3.77. The van der Waals surface area contributed by atoms with E-state index < -0.39 is 5.82 Å². The topological polar surface area (TPSA) is 103 Å². The highest BCUT2D eigenvalue weighted by Gasteiger charge is 2.14. The van der Waals surface area contributed by atoms with Crippen LogP contribution in [0.25, 0.3) is 22.3 Å². The Morgan fingerprint density at radius 2 is 2.16 bits per heavy atom. The van der Waals surface area contributed by atoms with Crippen LogP contribution in [0.4, 0.5) is 10.2 Å². The Bertz CT molecular complexity index is 756. The van der Waals surface area contributed by atoms with Crippen LogP contribution in [0.2, 0.25) is 0 Å². The van der Waals surface area contributed by atoms with E-state index >= 15 is 0 Å². The molecule has 96 valence electrons. The Balaban J connectivity index is 2.22. The first kappa shape index (κ1) is 11.3. The summed E-state index contributed by atoms with van der Waals surface area (Å²) in [5.41, 5.74) is 7.20. The van der Waals surface area contributed by atoms with Gasteiger partial charge in [0, 0.05) is 11.8 Å². The molecule has 3 rings (SSSR count). The normalized spacial score (nSPS) is 10.8. The molecule has 0 aliphatic carbocycles. The maximum Gasteiger partial charge on any atom is 0.250 e. The molecule has 7 nitrogen and oxygen atoms in total. The lowest BCUT2D eigenvalue weighted by Gasteiger charge is -2.03. The third-order valence-electron chi connectivity index (χ3n) is 2.67. The van der Waals surface area contributed by atoms with Gasteiger partial charge in [-0.05, 0) is 6.07 Å². The van der Waals surface area contributed by atoms with Gasteiger partial charge in [0.25, 0.3) is 0 Å². The number of rotatable bonds is 2. The number of fused-ring (bicyclic) bond motifs is 1. The molecule has 0 radical (unpaired) electrons. The highest BCUT2D eigenvalue weighted by molar-refractivity contribution is 5.97. The van der Waals surface area contributed by atoms with E-state index in [2.05, 4.69) is 25.1 Å². The summed E-state index contributed by atoms with van der Waals surface area (Å²) in [5, 5.41) is 7.28. The number of pyridine rings is 1. The number of aromatic amines is 1. The zero-order chi connectivity index (χ0) is 13.4. The first-order valence-electron chi connectivity index (χ1n) is 5.35. The number of aromatic nitrogens is 5. The maximum absolute atomic E-state index is 13.7. The summed E-state index contributed by atoms with van der Waals surface area (Å²) in [6, 6.07) is 1.28. The fraction of sp³-hybridized carbons (Fsp3) is 0.0909. The zero-order valence-electron chi connectivity index (χ0n) is 9.88. The minimum Gasteiger partial charge on any atom is -0.479 e. The number of halogens is 1. The Morgan fingerprint density at radius 3 is 2.89 bits per heavy atom. The molecular weight excluding hydrogens is 251 g/mol. The summed E-state index contributed by atoms with van der Waals surface area (Å²) in [6.07, 6.45) is 2.77. The van der Waals surface area contributed by atoms with E-state index in [9.17, 15) is 4.39 Å². The van der Waals surface area contributed by atoms with E-state index in [1.54, 1.807) is 0 Å².